The highest BCUT2D eigenvalue weighted by Crippen LogP contribution is 2.27. The molecule has 1 saturated carbocycles. The number of rotatable bonds is 7. The lowest BCUT2D eigenvalue weighted by Crippen LogP contribution is -2.42. The highest BCUT2D eigenvalue weighted by atomic mass is 16.3. The molecule has 2 amide bonds. The molecule has 0 aromatic rings. The van der Waals surface area contributed by atoms with Gasteiger partial charge in [0.05, 0.1) is 6.10 Å². The molecule has 1 atom stereocenters. The van der Waals surface area contributed by atoms with E-state index in [-0.39, 0.29) is 11.9 Å². The summed E-state index contributed by atoms with van der Waals surface area (Å²) in [5.74, 6) is 0.971. The Kier molecular flexibility index (Phi) is 5.60. The molecule has 3 N–H and O–H groups in total. The second-order valence-corrected chi connectivity index (χ2v) is 4.68. The first-order valence-electron chi connectivity index (χ1n) is 6.37. The third-order valence-electron chi connectivity index (χ3n) is 3.31. The highest BCUT2D eigenvalue weighted by Gasteiger charge is 2.22. The monoisotopic (exact) mass is 228 g/mol. The van der Waals surface area contributed by atoms with Crippen LogP contribution in [0.1, 0.15) is 39.5 Å². The molecule has 4 nitrogen and oxygen atoms in total. The lowest BCUT2D eigenvalue weighted by molar-refractivity contribution is 0.103. The minimum atomic E-state index is -0.429. The van der Waals surface area contributed by atoms with E-state index in [0.29, 0.717) is 12.5 Å². The second-order valence-electron chi connectivity index (χ2n) is 4.68. The van der Waals surface area contributed by atoms with E-state index in [1.54, 1.807) is 0 Å². The zero-order chi connectivity index (χ0) is 12.0. The summed E-state index contributed by atoms with van der Waals surface area (Å²) < 4.78 is 0. The molecule has 0 unspecified atom stereocenters. The van der Waals surface area contributed by atoms with Crippen molar-refractivity contribution in [3.8, 4) is 0 Å². The van der Waals surface area contributed by atoms with Crippen LogP contribution < -0.4 is 10.6 Å². The van der Waals surface area contributed by atoms with Crippen molar-refractivity contribution in [3.63, 3.8) is 0 Å². The summed E-state index contributed by atoms with van der Waals surface area (Å²) >= 11 is 0. The maximum atomic E-state index is 11.3. The SMILES string of the molecule is CCC(CC)[C@@H](O)CNC(=O)NCC1CC1. The molecule has 0 aliphatic heterocycles. The average Bonchev–Trinajstić information content (AvgIpc) is 3.09. The van der Waals surface area contributed by atoms with Gasteiger partial charge in [-0.25, -0.2) is 4.79 Å². The Hall–Kier alpha value is -0.770. The van der Waals surface area contributed by atoms with Crippen molar-refractivity contribution < 1.29 is 9.90 Å². The van der Waals surface area contributed by atoms with Crippen molar-refractivity contribution in [3.05, 3.63) is 0 Å². The van der Waals surface area contributed by atoms with Crippen molar-refractivity contribution in [1.82, 2.24) is 10.6 Å². The van der Waals surface area contributed by atoms with Crippen LogP contribution in [0.4, 0.5) is 4.79 Å². The Balaban J connectivity index is 2.08. The third-order valence-corrected chi connectivity index (χ3v) is 3.31. The van der Waals surface area contributed by atoms with E-state index in [2.05, 4.69) is 24.5 Å². The zero-order valence-electron chi connectivity index (χ0n) is 10.3. The summed E-state index contributed by atoms with van der Waals surface area (Å²) in [6.45, 7) is 5.24. The van der Waals surface area contributed by atoms with E-state index in [9.17, 15) is 9.90 Å². The first-order valence-corrected chi connectivity index (χ1v) is 6.37. The van der Waals surface area contributed by atoms with Crippen LogP contribution in [0.3, 0.4) is 0 Å². The lowest BCUT2D eigenvalue weighted by atomic mass is 9.97. The van der Waals surface area contributed by atoms with Gasteiger partial charge in [-0.15, -0.1) is 0 Å². The Labute approximate surface area is 97.8 Å². The topological polar surface area (TPSA) is 61.4 Å². The Morgan fingerprint density at radius 2 is 1.94 bits per heavy atom. The number of aliphatic hydroxyl groups is 1. The normalized spacial score (nSPS) is 17.2. The predicted octanol–water partition coefficient (Wildman–Crippen LogP) is 1.49. The quantitative estimate of drug-likeness (QED) is 0.618. The van der Waals surface area contributed by atoms with Crippen molar-refractivity contribution >= 4 is 6.03 Å². The van der Waals surface area contributed by atoms with Crippen molar-refractivity contribution in [2.45, 2.75) is 45.6 Å². The van der Waals surface area contributed by atoms with Gasteiger partial charge in [0.25, 0.3) is 0 Å². The number of hydrogen-bond donors (Lipinski definition) is 3. The molecular formula is C12H24N2O2. The van der Waals surface area contributed by atoms with Gasteiger partial charge in [-0.05, 0) is 24.7 Å². The van der Waals surface area contributed by atoms with Crippen molar-refractivity contribution in [1.29, 1.82) is 0 Å². The standard InChI is InChI=1S/C12H24N2O2/c1-3-10(4-2)11(15)8-14-12(16)13-7-9-5-6-9/h9-11,15H,3-8H2,1-2H3,(H2,13,14,16)/t11-/m0/s1. The number of carbonyl (C=O) groups is 1. The first-order chi connectivity index (χ1) is 7.67. The summed E-state index contributed by atoms with van der Waals surface area (Å²) in [5.41, 5.74) is 0. The number of hydrogen-bond acceptors (Lipinski definition) is 2. The highest BCUT2D eigenvalue weighted by molar-refractivity contribution is 5.73. The fraction of sp³-hybridized carbons (Fsp3) is 0.917. The van der Waals surface area contributed by atoms with E-state index in [0.717, 1.165) is 19.4 Å². The summed E-state index contributed by atoms with van der Waals surface area (Å²) in [6, 6.07) is -0.156. The lowest BCUT2D eigenvalue weighted by Gasteiger charge is -2.20. The molecule has 1 aliphatic carbocycles. The van der Waals surface area contributed by atoms with Gasteiger partial charge >= 0.3 is 6.03 Å². The first kappa shape index (κ1) is 13.3. The largest absolute Gasteiger partial charge is 0.391 e. The van der Waals surface area contributed by atoms with E-state index in [1.165, 1.54) is 12.8 Å². The van der Waals surface area contributed by atoms with Crippen LogP contribution >= 0.6 is 0 Å². The average molecular weight is 228 g/mol. The van der Waals surface area contributed by atoms with Crippen LogP contribution in [0.15, 0.2) is 0 Å². The summed E-state index contributed by atoms with van der Waals surface area (Å²) in [6.07, 6.45) is 3.93. The molecule has 1 aliphatic rings. The van der Waals surface area contributed by atoms with Crippen LogP contribution in [-0.2, 0) is 0 Å². The molecule has 0 spiro atoms. The molecule has 1 fully saturated rings. The molecule has 0 saturated heterocycles. The number of amides is 2. The Morgan fingerprint density at radius 1 is 1.31 bits per heavy atom. The maximum absolute atomic E-state index is 11.3. The predicted molar refractivity (Wildman–Crippen MR) is 64.2 cm³/mol. The molecule has 1 rings (SSSR count). The van der Waals surface area contributed by atoms with Gasteiger partial charge in [0.15, 0.2) is 0 Å². The molecular weight excluding hydrogens is 204 g/mol. The molecule has 16 heavy (non-hydrogen) atoms. The van der Waals surface area contributed by atoms with Gasteiger partial charge in [0.1, 0.15) is 0 Å². The van der Waals surface area contributed by atoms with Gasteiger partial charge < -0.3 is 15.7 Å². The van der Waals surface area contributed by atoms with Gasteiger partial charge in [-0.3, -0.25) is 0 Å². The van der Waals surface area contributed by atoms with Crippen molar-refractivity contribution in [2.75, 3.05) is 13.1 Å². The number of nitrogens with one attached hydrogen (secondary N) is 2. The molecule has 0 heterocycles. The molecule has 4 heteroatoms. The van der Waals surface area contributed by atoms with Crippen molar-refractivity contribution in [2.24, 2.45) is 11.8 Å². The Bertz CT molecular complexity index is 213. The van der Waals surface area contributed by atoms with Gasteiger partial charge in [-0.2, -0.15) is 0 Å². The van der Waals surface area contributed by atoms with Gasteiger partial charge in [-0.1, -0.05) is 26.7 Å². The minimum Gasteiger partial charge on any atom is -0.391 e. The molecule has 0 aromatic heterocycles. The van der Waals surface area contributed by atoms with Crippen LogP contribution in [0.2, 0.25) is 0 Å². The van der Waals surface area contributed by atoms with E-state index >= 15 is 0 Å². The fourth-order valence-corrected chi connectivity index (χ4v) is 1.82. The van der Waals surface area contributed by atoms with Gasteiger partial charge in [0.2, 0.25) is 0 Å². The molecule has 94 valence electrons. The minimum absolute atomic E-state index is 0.156. The second kappa shape index (κ2) is 6.74. The summed E-state index contributed by atoms with van der Waals surface area (Å²) in [4.78, 5) is 11.3. The zero-order valence-corrected chi connectivity index (χ0v) is 10.3. The van der Waals surface area contributed by atoms with E-state index in [4.69, 9.17) is 0 Å². The fourth-order valence-electron chi connectivity index (χ4n) is 1.82. The smallest absolute Gasteiger partial charge is 0.314 e. The molecule has 0 radical (unpaired) electrons. The van der Waals surface area contributed by atoms with E-state index in [1.807, 2.05) is 0 Å². The molecule has 0 bridgehead atoms. The summed E-state index contributed by atoms with van der Waals surface area (Å²) in [7, 11) is 0. The number of urea groups is 1. The Morgan fingerprint density at radius 3 is 2.44 bits per heavy atom. The number of aliphatic hydroxyl groups excluding tert-OH is 1. The van der Waals surface area contributed by atoms with Gasteiger partial charge in [0, 0.05) is 13.1 Å². The maximum Gasteiger partial charge on any atom is 0.314 e. The van der Waals surface area contributed by atoms with Crippen LogP contribution in [0, 0.1) is 11.8 Å². The third kappa shape index (κ3) is 4.84. The number of carbonyl (C=O) groups excluding carboxylic acids is 1. The van der Waals surface area contributed by atoms with Crippen LogP contribution in [0.25, 0.3) is 0 Å². The molecule has 0 aromatic carbocycles. The van der Waals surface area contributed by atoms with Crippen LogP contribution in [0.5, 0.6) is 0 Å². The van der Waals surface area contributed by atoms with E-state index < -0.39 is 6.10 Å². The summed E-state index contributed by atoms with van der Waals surface area (Å²) in [5, 5.41) is 15.3. The van der Waals surface area contributed by atoms with Crippen LogP contribution in [-0.4, -0.2) is 30.3 Å².